The molecular formula is C55H40N6O5. The van der Waals surface area contributed by atoms with Crippen LogP contribution in [0, 0.1) is 11.8 Å². The number of ether oxygens (including phenoxy) is 1. The van der Waals surface area contributed by atoms with Crippen LogP contribution >= 0.6 is 0 Å². The highest BCUT2D eigenvalue weighted by molar-refractivity contribution is 5.99. The number of fused-ring (bicyclic) bond motifs is 8. The monoisotopic (exact) mass is 864 g/mol. The van der Waals surface area contributed by atoms with Crippen LogP contribution in [0.3, 0.4) is 0 Å². The smallest absolute Gasteiger partial charge is 0.330 e. The lowest BCUT2D eigenvalue weighted by Gasteiger charge is -2.14. The van der Waals surface area contributed by atoms with E-state index in [1.54, 1.807) is 0 Å². The highest BCUT2D eigenvalue weighted by Crippen LogP contribution is 2.38. The second-order valence-corrected chi connectivity index (χ2v) is 16.3. The van der Waals surface area contributed by atoms with Crippen LogP contribution in [0.2, 0.25) is 0 Å². The molecule has 0 radical (unpaired) electrons. The number of rotatable bonds is 6. The summed E-state index contributed by atoms with van der Waals surface area (Å²) in [5.41, 5.74) is 13.8. The van der Waals surface area contributed by atoms with Crippen molar-refractivity contribution in [2.75, 3.05) is 6.61 Å². The number of hydrogen-bond acceptors (Lipinski definition) is 7. The summed E-state index contributed by atoms with van der Waals surface area (Å²) in [4.78, 5) is 46.2. The van der Waals surface area contributed by atoms with Crippen LogP contribution < -0.4 is 11.2 Å². The van der Waals surface area contributed by atoms with E-state index in [1.807, 2.05) is 78.9 Å². The van der Waals surface area contributed by atoms with Gasteiger partial charge in [0.05, 0.1) is 35.5 Å². The van der Waals surface area contributed by atoms with Gasteiger partial charge < -0.3 is 24.9 Å². The maximum atomic E-state index is 12.9. The Bertz CT molecular complexity index is 3560. The number of nitrogens with zero attached hydrogens (tertiary/aromatic N) is 3. The lowest BCUT2D eigenvalue weighted by Crippen LogP contribution is -2.33. The summed E-state index contributed by atoms with van der Waals surface area (Å²) >= 11 is 0. The molecule has 7 heterocycles. The first-order valence-corrected chi connectivity index (χ1v) is 21.6. The van der Waals surface area contributed by atoms with Crippen molar-refractivity contribution in [3.8, 4) is 56.3 Å². The first kappa shape index (κ1) is 40.4. The predicted molar refractivity (Wildman–Crippen MR) is 260 cm³/mol. The molecular weight excluding hydrogens is 825 g/mol. The number of H-pyrrole nitrogens is 3. The van der Waals surface area contributed by atoms with E-state index in [-0.39, 0.29) is 12.0 Å². The summed E-state index contributed by atoms with van der Waals surface area (Å²) in [6.45, 7) is -0.400. The van der Waals surface area contributed by atoms with Crippen molar-refractivity contribution < 1.29 is 14.9 Å². The van der Waals surface area contributed by atoms with Gasteiger partial charge in [0.1, 0.15) is 17.9 Å². The molecule has 8 bridgehead atoms. The fourth-order valence-electron chi connectivity index (χ4n) is 8.93. The highest BCUT2D eigenvalue weighted by atomic mass is 16.5. The second-order valence-electron chi connectivity index (χ2n) is 16.3. The Labute approximate surface area is 377 Å². The summed E-state index contributed by atoms with van der Waals surface area (Å²) in [5.74, 6) is 5.99. The van der Waals surface area contributed by atoms with E-state index in [0.717, 1.165) is 89.4 Å². The highest BCUT2D eigenvalue weighted by Gasteiger charge is 2.35. The average molecular weight is 865 g/mol. The SMILES string of the molecule is O=c1[nH]c(=O)n([C@H]2C[C@H](O)[C@@H](CO)O2)cc1C#Cc1ccc(-c2c3nc(c(-c4ccccc4)c4ccc([nH]4)c(-c4ccccc4)c4nc(c(-c5ccccc5)c5ccc2[nH]5)C=C4)C=C3)cc1. The Kier molecular flexibility index (Phi) is 10.4. The van der Waals surface area contributed by atoms with Crippen molar-refractivity contribution in [2.45, 2.75) is 24.9 Å². The number of benzene rings is 4. The van der Waals surface area contributed by atoms with E-state index in [4.69, 9.17) is 14.7 Å². The molecule has 0 spiro atoms. The minimum absolute atomic E-state index is 0.0503. The fraction of sp³-hybridized carbons (Fsp3) is 0.0909. The van der Waals surface area contributed by atoms with Gasteiger partial charge in [0, 0.05) is 62.5 Å². The quantitative estimate of drug-likeness (QED) is 0.104. The van der Waals surface area contributed by atoms with E-state index in [2.05, 4.69) is 112 Å². The average Bonchev–Trinajstić information content (AvgIpc) is 4.22. The van der Waals surface area contributed by atoms with E-state index >= 15 is 0 Å². The molecule has 320 valence electrons. The molecule has 0 unspecified atom stereocenters. The largest absolute Gasteiger partial charge is 0.394 e. The molecule has 1 fully saturated rings. The number of hydrogen-bond donors (Lipinski definition) is 5. The predicted octanol–water partition coefficient (Wildman–Crippen LogP) is 9.21. The van der Waals surface area contributed by atoms with Gasteiger partial charge in [-0.25, -0.2) is 14.8 Å². The topological polar surface area (TPSA) is 162 Å². The van der Waals surface area contributed by atoms with Crippen molar-refractivity contribution >= 4 is 46.4 Å². The summed E-state index contributed by atoms with van der Waals surface area (Å²) in [5, 5.41) is 19.8. The van der Waals surface area contributed by atoms with E-state index < -0.39 is 36.3 Å². The summed E-state index contributed by atoms with van der Waals surface area (Å²) in [7, 11) is 0. The molecule has 11 nitrogen and oxygen atoms in total. The van der Waals surface area contributed by atoms with Gasteiger partial charge in [-0.2, -0.15) is 0 Å². The molecule has 11 heteroatoms. The third-order valence-electron chi connectivity index (χ3n) is 12.1. The normalized spacial score (nSPS) is 16.3. The van der Waals surface area contributed by atoms with Crippen molar-refractivity contribution in [3.05, 3.63) is 200 Å². The number of aromatic nitrogens is 6. The molecule has 66 heavy (non-hydrogen) atoms. The van der Waals surface area contributed by atoms with Gasteiger partial charge in [-0.1, -0.05) is 115 Å². The maximum absolute atomic E-state index is 12.9. The Hall–Kier alpha value is -8.40. The van der Waals surface area contributed by atoms with Gasteiger partial charge >= 0.3 is 5.69 Å². The lowest BCUT2D eigenvalue weighted by molar-refractivity contribution is -0.0459. The standard InChI is InChI=1S/C55H40N6O5/c62-32-48-47(63)30-49(66-48)61-31-38(54(64)60-55(61)65)21-18-33-16-19-37(20-17-33)53-45-28-26-43(58-45)51(35-12-6-2-7-13-35)41-24-22-39(56-41)50(34-10-4-1-5-11-34)40-23-25-42(57-40)52(36-14-8-3-9-15-36)44-27-29-46(53)59-44/h1-17,19-20,22-29,31,47-49,56,59,62-63H,30,32H2,(H,60,64,65)/t47-,48+,49+/m0/s1. The van der Waals surface area contributed by atoms with Crippen LogP contribution in [-0.2, 0) is 4.74 Å². The summed E-state index contributed by atoms with van der Waals surface area (Å²) in [6, 6.07) is 47.0. The van der Waals surface area contributed by atoms with Gasteiger partial charge in [0.25, 0.3) is 5.56 Å². The van der Waals surface area contributed by atoms with Crippen molar-refractivity contribution in [2.24, 2.45) is 0 Å². The third-order valence-corrected chi connectivity index (χ3v) is 12.1. The Morgan fingerprint density at radius 2 is 0.985 bits per heavy atom. The van der Waals surface area contributed by atoms with Gasteiger partial charge in [-0.3, -0.25) is 14.3 Å². The number of aliphatic hydroxyl groups excluding tert-OH is 2. The molecule has 4 aromatic heterocycles. The second kappa shape index (κ2) is 17.0. The van der Waals surface area contributed by atoms with Gasteiger partial charge in [-0.15, -0.1) is 0 Å². The Morgan fingerprint density at radius 1 is 0.561 bits per heavy atom. The van der Waals surface area contributed by atoms with Crippen LogP contribution in [0.5, 0.6) is 0 Å². The lowest BCUT2D eigenvalue weighted by atomic mass is 10.0. The van der Waals surface area contributed by atoms with Crippen molar-refractivity contribution in [1.82, 2.24) is 29.5 Å². The van der Waals surface area contributed by atoms with Crippen LogP contribution in [0.25, 0.3) is 90.9 Å². The molecule has 11 rings (SSSR count). The fourth-order valence-corrected chi connectivity index (χ4v) is 8.93. The summed E-state index contributed by atoms with van der Waals surface area (Å²) < 4.78 is 6.86. The Morgan fingerprint density at radius 3 is 1.39 bits per heavy atom. The molecule has 3 aliphatic rings. The van der Waals surface area contributed by atoms with Crippen molar-refractivity contribution in [3.63, 3.8) is 0 Å². The number of aromatic amines is 3. The molecule has 0 saturated carbocycles. The van der Waals surface area contributed by atoms with Crippen molar-refractivity contribution in [1.29, 1.82) is 0 Å². The van der Waals surface area contributed by atoms with Gasteiger partial charge in [0.15, 0.2) is 0 Å². The minimum Gasteiger partial charge on any atom is -0.394 e. The first-order chi connectivity index (χ1) is 32.4. The first-order valence-electron chi connectivity index (χ1n) is 21.6. The number of nitrogens with one attached hydrogen (secondary N) is 3. The van der Waals surface area contributed by atoms with Crippen LogP contribution in [0.4, 0.5) is 0 Å². The molecule has 8 aromatic rings. The maximum Gasteiger partial charge on any atom is 0.330 e. The van der Waals surface area contributed by atoms with Crippen LogP contribution in [-0.4, -0.2) is 58.5 Å². The third kappa shape index (κ3) is 7.51. The van der Waals surface area contributed by atoms with Crippen LogP contribution in [0.1, 0.15) is 46.6 Å². The summed E-state index contributed by atoms with van der Waals surface area (Å²) in [6.07, 6.45) is 7.05. The molecule has 3 aliphatic heterocycles. The molecule has 5 N–H and O–H groups in total. The minimum atomic E-state index is -0.954. The molecule has 0 amide bonds. The van der Waals surface area contributed by atoms with E-state index in [0.29, 0.717) is 5.56 Å². The molecule has 0 aliphatic carbocycles. The molecule has 3 atom stereocenters. The molecule has 4 aromatic carbocycles. The van der Waals surface area contributed by atoms with E-state index in [9.17, 15) is 19.8 Å². The number of aliphatic hydroxyl groups is 2. The van der Waals surface area contributed by atoms with E-state index in [1.165, 1.54) is 10.8 Å². The zero-order chi connectivity index (χ0) is 44.7. The zero-order valence-corrected chi connectivity index (χ0v) is 35.3. The van der Waals surface area contributed by atoms with Gasteiger partial charge in [-0.05, 0) is 83.0 Å². The Balaban J connectivity index is 1.11. The van der Waals surface area contributed by atoms with Crippen LogP contribution in [0.15, 0.2) is 155 Å². The molecule has 1 saturated heterocycles. The van der Waals surface area contributed by atoms with Gasteiger partial charge in [0.2, 0.25) is 0 Å². The zero-order valence-electron chi connectivity index (χ0n) is 35.3.